The summed E-state index contributed by atoms with van der Waals surface area (Å²) < 4.78 is 0. The molecule has 0 bridgehead atoms. The number of benzene rings is 1. The van der Waals surface area contributed by atoms with Crippen molar-refractivity contribution in [3.63, 3.8) is 0 Å². The molecule has 0 amide bonds. The van der Waals surface area contributed by atoms with Crippen molar-refractivity contribution >= 4 is 37.7 Å². The van der Waals surface area contributed by atoms with Crippen LogP contribution in [0.25, 0.3) is 0 Å². The predicted octanol–water partition coefficient (Wildman–Crippen LogP) is 1.24. The summed E-state index contributed by atoms with van der Waals surface area (Å²) >= 11 is 0. The minimum Gasteiger partial charge on any atom is -1.00 e. The number of hydrogen-bond donors (Lipinski definition) is 1. The average Bonchev–Trinajstić information content (AvgIpc) is 2.03. The van der Waals surface area contributed by atoms with Crippen molar-refractivity contribution in [2.45, 2.75) is 6.54 Å². The Balaban J connectivity index is -0.000000108. The fraction of sp³-hybridized carbons (Fsp3) is 0.333. The zero-order chi connectivity index (χ0) is 11.0. The molecule has 1 rings (SSSR count). The zero-order valence-corrected chi connectivity index (χ0v) is 11.2. The molecule has 15 heavy (non-hydrogen) atoms. The molecule has 1 N–H and O–H groups in total. The van der Waals surface area contributed by atoms with Crippen LogP contribution in [0.15, 0.2) is 30.3 Å². The van der Waals surface area contributed by atoms with E-state index in [1.165, 1.54) is 5.56 Å². The van der Waals surface area contributed by atoms with Crippen LogP contribution >= 0.6 is 0 Å². The van der Waals surface area contributed by atoms with Gasteiger partial charge in [0, 0.05) is 6.54 Å². The van der Waals surface area contributed by atoms with Crippen LogP contribution in [-0.2, 0) is 6.54 Å². The number of rotatable bonds is 2. The Hall–Kier alpha value is -0.360. The molecule has 0 saturated heterocycles. The van der Waals surface area contributed by atoms with E-state index in [2.05, 4.69) is 43.3 Å². The molecule has 6 heteroatoms. The SMILES string of the molecule is CN(C)Cc1ccccc1.O=[N+]([O-])O.[Ca+2].[H-].[H-]. The minimum atomic E-state index is -1.50. The number of hydrogen-bond acceptors (Lipinski definition) is 3. The van der Waals surface area contributed by atoms with E-state index in [0.29, 0.717) is 0 Å². The van der Waals surface area contributed by atoms with E-state index in [0.717, 1.165) is 6.54 Å². The Morgan fingerprint density at radius 2 is 1.80 bits per heavy atom. The molecule has 0 fully saturated rings. The van der Waals surface area contributed by atoms with E-state index in [-0.39, 0.29) is 40.6 Å². The fourth-order valence-corrected chi connectivity index (χ4v) is 0.949. The van der Waals surface area contributed by atoms with Gasteiger partial charge in [-0.1, -0.05) is 30.3 Å². The molecule has 0 aliphatic carbocycles. The molecule has 0 aliphatic rings. The van der Waals surface area contributed by atoms with Gasteiger partial charge in [-0.15, -0.1) is 10.1 Å². The van der Waals surface area contributed by atoms with Gasteiger partial charge in [0.05, 0.1) is 0 Å². The Kier molecular flexibility index (Phi) is 11.6. The summed E-state index contributed by atoms with van der Waals surface area (Å²) in [6.07, 6.45) is 0. The van der Waals surface area contributed by atoms with Gasteiger partial charge in [-0.05, 0) is 19.7 Å². The Bertz CT molecular complexity index is 272. The third-order valence-corrected chi connectivity index (χ3v) is 1.34. The number of nitrogens with zero attached hydrogens (tertiary/aromatic N) is 2. The molecule has 0 spiro atoms. The predicted molar refractivity (Wildman–Crippen MR) is 60.6 cm³/mol. The van der Waals surface area contributed by atoms with Gasteiger partial charge < -0.3 is 13.0 Å². The first-order valence-corrected chi connectivity index (χ1v) is 4.04. The van der Waals surface area contributed by atoms with Gasteiger partial charge in [-0.3, -0.25) is 0 Å². The molecule has 5 nitrogen and oxygen atoms in total. The van der Waals surface area contributed by atoms with Crippen molar-refractivity contribution in [3.05, 3.63) is 46.0 Å². The standard InChI is InChI=1S/C9H13N.Ca.HNO3.2H/c1-10(2)8-9-6-4-3-5-7-9;;2-1(3)4;;/h3-7H,8H2,1-2H3;;(H,2,3,4);;/q;+2;;2*-1. The van der Waals surface area contributed by atoms with Crippen LogP contribution in [0.3, 0.4) is 0 Å². The van der Waals surface area contributed by atoms with E-state index in [4.69, 9.17) is 15.3 Å². The van der Waals surface area contributed by atoms with Gasteiger partial charge >= 0.3 is 37.7 Å². The second kappa shape index (κ2) is 10.2. The maximum atomic E-state index is 8.36. The summed E-state index contributed by atoms with van der Waals surface area (Å²) in [5.74, 6) is 0. The molecule has 0 aromatic heterocycles. The molecule has 1 aromatic carbocycles. The van der Waals surface area contributed by atoms with E-state index >= 15 is 0 Å². The molecule has 0 aliphatic heterocycles. The summed E-state index contributed by atoms with van der Waals surface area (Å²) in [6, 6.07) is 10.5. The normalized spacial score (nSPS) is 8.47. The molecular formula is C9H16CaN2O3. The first-order chi connectivity index (χ1) is 6.52. The van der Waals surface area contributed by atoms with Crippen LogP contribution in [0.2, 0.25) is 0 Å². The Morgan fingerprint density at radius 1 is 1.40 bits per heavy atom. The van der Waals surface area contributed by atoms with Crippen molar-refractivity contribution in [3.8, 4) is 0 Å². The largest absolute Gasteiger partial charge is 2.00 e. The van der Waals surface area contributed by atoms with Gasteiger partial charge in [0.15, 0.2) is 0 Å². The summed E-state index contributed by atoms with van der Waals surface area (Å²) in [6.45, 7) is 1.03. The van der Waals surface area contributed by atoms with Crippen LogP contribution < -0.4 is 0 Å². The first kappa shape index (κ1) is 17.0. The molecule has 82 valence electrons. The molecule has 0 heterocycles. The third-order valence-electron chi connectivity index (χ3n) is 1.34. The smallest absolute Gasteiger partial charge is 1.00 e. The Morgan fingerprint density at radius 3 is 2.13 bits per heavy atom. The van der Waals surface area contributed by atoms with Crippen molar-refractivity contribution in [2.75, 3.05) is 14.1 Å². The topological polar surface area (TPSA) is 66.6 Å². The summed E-state index contributed by atoms with van der Waals surface area (Å²) in [7, 11) is 4.15. The maximum absolute atomic E-state index is 8.36. The molecule has 1 aromatic rings. The second-order valence-corrected chi connectivity index (χ2v) is 2.96. The van der Waals surface area contributed by atoms with Crippen LogP contribution in [0.5, 0.6) is 0 Å². The van der Waals surface area contributed by atoms with E-state index in [9.17, 15) is 0 Å². The van der Waals surface area contributed by atoms with Crippen LogP contribution in [0.4, 0.5) is 0 Å². The second-order valence-electron chi connectivity index (χ2n) is 2.96. The van der Waals surface area contributed by atoms with Crippen molar-refractivity contribution in [1.82, 2.24) is 4.90 Å². The van der Waals surface area contributed by atoms with Crippen LogP contribution in [0, 0.1) is 10.1 Å². The maximum Gasteiger partial charge on any atom is 2.00 e. The average molecular weight is 240 g/mol. The summed E-state index contributed by atoms with van der Waals surface area (Å²) in [5, 5.41) is 13.6. The van der Waals surface area contributed by atoms with Crippen LogP contribution in [0.1, 0.15) is 8.42 Å². The van der Waals surface area contributed by atoms with Crippen molar-refractivity contribution < 1.29 is 13.1 Å². The minimum absolute atomic E-state index is 0. The third kappa shape index (κ3) is 13.6. The molecular weight excluding hydrogens is 224 g/mol. The quantitative estimate of drug-likeness (QED) is 0.480. The fourth-order valence-electron chi connectivity index (χ4n) is 0.949. The monoisotopic (exact) mass is 240 g/mol. The summed E-state index contributed by atoms with van der Waals surface area (Å²) in [4.78, 5) is 10.5. The Labute approximate surface area is 122 Å². The van der Waals surface area contributed by atoms with Gasteiger partial charge in [0.1, 0.15) is 0 Å². The zero-order valence-electron chi connectivity index (χ0n) is 11.0. The van der Waals surface area contributed by atoms with Gasteiger partial charge in [0.2, 0.25) is 0 Å². The molecule has 0 unspecified atom stereocenters. The van der Waals surface area contributed by atoms with Gasteiger partial charge in [0.25, 0.3) is 5.09 Å². The van der Waals surface area contributed by atoms with Gasteiger partial charge in [-0.25, -0.2) is 0 Å². The molecule has 0 saturated carbocycles. The molecule has 0 atom stereocenters. The van der Waals surface area contributed by atoms with E-state index < -0.39 is 5.09 Å². The van der Waals surface area contributed by atoms with Crippen molar-refractivity contribution in [2.24, 2.45) is 0 Å². The summed E-state index contributed by atoms with van der Waals surface area (Å²) in [5.41, 5.74) is 1.37. The first-order valence-electron chi connectivity index (χ1n) is 4.04. The molecule has 0 radical (unpaired) electrons. The van der Waals surface area contributed by atoms with Crippen LogP contribution in [-0.4, -0.2) is 67.0 Å². The van der Waals surface area contributed by atoms with Crippen molar-refractivity contribution in [1.29, 1.82) is 0 Å². The van der Waals surface area contributed by atoms with E-state index in [1.807, 2.05) is 6.07 Å². The van der Waals surface area contributed by atoms with Gasteiger partial charge in [-0.2, -0.15) is 0 Å². The van der Waals surface area contributed by atoms with E-state index in [1.54, 1.807) is 0 Å².